The van der Waals surface area contributed by atoms with Crippen molar-refractivity contribution in [3.05, 3.63) is 21.6 Å². The Kier molecular flexibility index (Phi) is 3.55. The second kappa shape index (κ2) is 4.70. The molecule has 0 N–H and O–H groups in total. The van der Waals surface area contributed by atoms with Crippen LogP contribution in [0.2, 0.25) is 5.15 Å². The van der Waals surface area contributed by atoms with Crippen molar-refractivity contribution in [2.75, 3.05) is 0 Å². The van der Waals surface area contributed by atoms with Gasteiger partial charge in [-0.15, -0.1) is 0 Å². The second-order valence-electron chi connectivity index (χ2n) is 3.68. The molecule has 0 saturated carbocycles. The summed E-state index contributed by atoms with van der Waals surface area (Å²) < 4.78 is 39.4. The molecular formula is C10H8BrClF3N3. The Morgan fingerprint density at radius 3 is 2.61 bits per heavy atom. The average Bonchev–Trinajstić information content (AvgIpc) is 2.51. The molecule has 0 aromatic carbocycles. The summed E-state index contributed by atoms with van der Waals surface area (Å²) in [5.41, 5.74) is 0.695. The van der Waals surface area contributed by atoms with E-state index in [1.54, 1.807) is 6.92 Å². The van der Waals surface area contributed by atoms with Crippen LogP contribution in [-0.4, -0.2) is 20.7 Å². The molecule has 2 heterocycles. The minimum Gasteiger partial charge on any atom is -0.319 e. The predicted molar refractivity (Wildman–Crippen MR) is 65.7 cm³/mol. The first-order chi connectivity index (χ1) is 8.35. The van der Waals surface area contributed by atoms with E-state index in [2.05, 4.69) is 25.9 Å². The van der Waals surface area contributed by atoms with E-state index < -0.39 is 12.7 Å². The number of aromatic nitrogens is 3. The SMILES string of the molecule is CCc1c(Br)c2c(Cl)ncnc2n1CC(F)(F)F. The fourth-order valence-corrected chi connectivity index (χ4v) is 3.03. The Labute approximate surface area is 114 Å². The lowest BCUT2D eigenvalue weighted by Crippen LogP contribution is -2.19. The van der Waals surface area contributed by atoms with E-state index in [1.165, 1.54) is 0 Å². The lowest BCUT2D eigenvalue weighted by Gasteiger charge is -2.11. The summed E-state index contributed by atoms with van der Waals surface area (Å²) in [6, 6.07) is 0. The molecule has 0 aliphatic rings. The normalized spacial score (nSPS) is 12.3. The third-order valence-electron chi connectivity index (χ3n) is 2.51. The molecule has 2 aromatic rings. The van der Waals surface area contributed by atoms with Crippen molar-refractivity contribution in [1.82, 2.24) is 14.5 Å². The molecule has 0 saturated heterocycles. The lowest BCUT2D eigenvalue weighted by atomic mass is 10.3. The van der Waals surface area contributed by atoms with E-state index in [0.29, 0.717) is 22.0 Å². The van der Waals surface area contributed by atoms with Crippen LogP contribution in [0.1, 0.15) is 12.6 Å². The van der Waals surface area contributed by atoms with Gasteiger partial charge in [0, 0.05) is 5.69 Å². The number of rotatable bonds is 2. The summed E-state index contributed by atoms with van der Waals surface area (Å²) in [6.07, 6.45) is -2.72. The Morgan fingerprint density at radius 1 is 1.39 bits per heavy atom. The van der Waals surface area contributed by atoms with Crippen LogP contribution in [0.5, 0.6) is 0 Å². The Hall–Kier alpha value is -0.820. The first-order valence-corrected chi connectivity index (χ1v) is 6.26. The van der Waals surface area contributed by atoms with E-state index in [4.69, 9.17) is 11.6 Å². The molecule has 3 nitrogen and oxygen atoms in total. The van der Waals surface area contributed by atoms with Crippen LogP contribution in [0.3, 0.4) is 0 Å². The topological polar surface area (TPSA) is 30.7 Å². The standard InChI is InChI=1S/C10H8BrClF3N3/c1-2-5-7(11)6-8(12)16-4-17-9(6)18(5)3-10(13,14)15/h4H,2-3H2,1H3. The second-order valence-corrected chi connectivity index (χ2v) is 4.83. The quantitative estimate of drug-likeness (QED) is 0.773. The highest BCUT2D eigenvalue weighted by Gasteiger charge is 2.31. The van der Waals surface area contributed by atoms with Crippen molar-refractivity contribution in [2.45, 2.75) is 26.1 Å². The number of hydrogen-bond donors (Lipinski definition) is 0. The average molecular weight is 343 g/mol. The maximum atomic E-state index is 12.6. The van der Waals surface area contributed by atoms with Crippen molar-refractivity contribution < 1.29 is 13.2 Å². The molecular weight excluding hydrogens is 334 g/mol. The zero-order valence-electron chi connectivity index (χ0n) is 9.22. The summed E-state index contributed by atoms with van der Waals surface area (Å²) >= 11 is 9.17. The van der Waals surface area contributed by atoms with Gasteiger partial charge in [-0.05, 0) is 22.4 Å². The van der Waals surface area contributed by atoms with Crippen LogP contribution in [0.15, 0.2) is 10.8 Å². The van der Waals surface area contributed by atoms with Gasteiger partial charge >= 0.3 is 6.18 Å². The first-order valence-electron chi connectivity index (χ1n) is 5.09. The zero-order chi connectivity index (χ0) is 13.5. The van der Waals surface area contributed by atoms with E-state index in [-0.39, 0.29) is 10.8 Å². The highest BCUT2D eigenvalue weighted by atomic mass is 79.9. The first kappa shape index (κ1) is 13.6. The van der Waals surface area contributed by atoms with Gasteiger partial charge in [-0.3, -0.25) is 0 Å². The van der Waals surface area contributed by atoms with Crippen LogP contribution in [-0.2, 0) is 13.0 Å². The monoisotopic (exact) mass is 341 g/mol. The van der Waals surface area contributed by atoms with Gasteiger partial charge in [-0.2, -0.15) is 13.2 Å². The number of halogens is 5. The molecule has 8 heteroatoms. The molecule has 2 rings (SSSR count). The van der Waals surface area contributed by atoms with Gasteiger partial charge in [0.15, 0.2) is 0 Å². The molecule has 0 amide bonds. The number of nitrogens with zero attached hydrogens (tertiary/aromatic N) is 3. The lowest BCUT2D eigenvalue weighted by molar-refractivity contribution is -0.140. The van der Waals surface area contributed by atoms with Gasteiger partial charge in [0.1, 0.15) is 23.7 Å². The van der Waals surface area contributed by atoms with Gasteiger partial charge in [0.05, 0.1) is 9.86 Å². The van der Waals surface area contributed by atoms with Crippen LogP contribution in [0.4, 0.5) is 13.2 Å². The van der Waals surface area contributed by atoms with Gasteiger partial charge in [0.25, 0.3) is 0 Å². The van der Waals surface area contributed by atoms with Crippen LogP contribution < -0.4 is 0 Å². The van der Waals surface area contributed by atoms with E-state index in [1.807, 2.05) is 0 Å². The molecule has 0 aliphatic carbocycles. The summed E-state index contributed by atoms with van der Waals surface area (Å²) in [4.78, 5) is 7.68. The van der Waals surface area contributed by atoms with Crippen molar-refractivity contribution in [3.63, 3.8) is 0 Å². The van der Waals surface area contributed by atoms with Gasteiger partial charge < -0.3 is 4.57 Å². The Balaban J connectivity index is 2.74. The molecule has 0 radical (unpaired) electrons. The number of fused-ring (bicyclic) bond motifs is 1. The van der Waals surface area contributed by atoms with Crippen molar-refractivity contribution >= 4 is 38.6 Å². The molecule has 0 fully saturated rings. The smallest absolute Gasteiger partial charge is 0.319 e. The molecule has 0 unspecified atom stereocenters. The fourth-order valence-electron chi connectivity index (χ4n) is 1.84. The maximum Gasteiger partial charge on any atom is 0.406 e. The Morgan fingerprint density at radius 2 is 2.06 bits per heavy atom. The summed E-state index contributed by atoms with van der Waals surface area (Å²) in [5.74, 6) is 0. The summed E-state index contributed by atoms with van der Waals surface area (Å²) in [6.45, 7) is 0.679. The summed E-state index contributed by atoms with van der Waals surface area (Å²) in [7, 11) is 0. The molecule has 0 spiro atoms. The largest absolute Gasteiger partial charge is 0.406 e. The molecule has 0 bridgehead atoms. The van der Waals surface area contributed by atoms with E-state index in [9.17, 15) is 13.2 Å². The van der Waals surface area contributed by atoms with Crippen molar-refractivity contribution in [1.29, 1.82) is 0 Å². The zero-order valence-corrected chi connectivity index (χ0v) is 11.6. The Bertz CT molecular complexity index is 594. The highest BCUT2D eigenvalue weighted by Crippen LogP contribution is 2.35. The van der Waals surface area contributed by atoms with Crippen LogP contribution in [0.25, 0.3) is 11.0 Å². The van der Waals surface area contributed by atoms with Crippen LogP contribution in [0, 0.1) is 0 Å². The highest BCUT2D eigenvalue weighted by molar-refractivity contribution is 9.10. The summed E-state index contributed by atoms with van der Waals surface area (Å²) in [5, 5.41) is 0.558. The van der Waals surface area contributed by atoms with Gasteiger partial charge in [-0.25, -0.2) is 9.97 Å². The minimum atomic E-state index is -4.31. The van der Waals surface area contributed by atoms with Gasteiger partial charge in [0.2, 0.25) is 0 Å². The predicted octanol–water partition coefficient (Wildman–Crippen LogP) is 3.97. The molecule has 0 aliphatic heterocycles. The van der Waals surface area contributed by atoms with Gasteiger partial charge in [-0.1, -0.05) is 18.5 Å². The molecule has 2 aromatic heterocycles. The third kappa shape index (κ3) is 2.33. The maximum absolute atomic E-state index is 12.6. The molecule has 0 atom stereocenters. The van der Waals surface area contributed by atoms with E-state index >= 15 is 0 Å². The number of alkyl halides is 3. The van der Waals surface area contributed by atoms with Crippen molar-refractivity contribution in [2.24, 2.45) is 0 Å². The fraction of sp³-hybridized carbons (Fsp3) is 0.400. The minimum absolute atomic E-state index is 0.141. The number of hydrogen-bond acceptors (Lipinski definition) is 2. The third-order valence-corrected chi connectivity index (χ3v) is 3.65. The molecule has 18 heavy (non-hydrogen) atoms. The molecule has 98 valence electrons. The van der Waals surface area contributed by atoms with Crippen molar-refractivity contribution in [3.8, 4) is 0 Å². The van der Waals surface area contributed by atoms with Crippen LogP contribution >= 0.6 is 27.5 Å². The van der Waals surface area contributed by atoms with E-state index in [0.717, 1.165) is 10.9 Å².